The monoisotopic (exact) mass is 516 g/mol. The quantitative estimate of drug-likeness (QED) is 0.395. The van der Waals surface area contributed by atoms with Gasteiger partial charge in [-0.15, -0.1) is 0 Å². The van der Waals surface area contributed by atoms with Gasteiger partial charge in [0.2, 0.25) is 0 Å². The van der Waals surface area contributed by atoms with Gasteiger partial charge in [-0.05, 0) is 54.6 Å². The number of hydrogen-bond donors (Lipinski definition) is 0. The SMILES string of the molecule is O=C(c1ccccc1)N1CCN(C2CN(C(=O)c3ccc4c(ccn4-c4ccc(Cl)c(F)c4)c3)C2)CC1. The largest absolute Gasteiger partial charge is 0.336 e. The van der Waals surface area contributed by atoms with Crippen molar-refractivity contribution < 1.29 is 14.0 Å². The van der Waals surface area contributed by atoms with Crippen molar-refractivity contribution >= 4 is 34.3 Å². The molecule has 37 heavy (non-hydrogen) atoms. The highest BCUT2D eigenvalue weighted by molar-refractivity contribution is 6.30. The summed E-state index contributed by atoms with van der Waals surface area (Å²) in [5, 5.41) is 1.00. The van der Waals surface area contributed by atoms with Crippen LogP contribution in [0.1, 0.15) is 20.7 Å². The molecular weight excluding hydrogens is 491 g/mol. The Morgan fingerprint density at radius 2 is 1.51 bits per heavy atom. The zero-order chi connectivity index (χ0) is 25.5. The number of carbonyl (C=O) groups excluding carboxylic acids is 2. The highest BCUT2D eigenvalue weighted by atomic mass is 35.5. The number of rotatable bonds is 4. The lowest BCUT2D eigenvalue weighted by molar-refractivity contribution is 0.00854. The number of likely N-dealkylation sites (tertiary alicyclic amines) is 1. The van der Waals surface area contributed by atoms with Crippen LogP contribution >= 0.6 is 11.6 Å². The molecule has 8 heteroatoms. The number of benzene rings is 3. The lowest BCUT2D eigenvalue weighted by Crippen LogP contribution is -2.64. The lowest BCUT2D eigenvalue weighted by Gasteiger charge is -2.48. The van der Waals surface area contributed by atoms with E-state index in [1.54, 1.807) is 6.07 Å². The topological polar surface area (TPSA) is 48.8 Å². The molecule has 4 aromatic rings. The van der Waals surface area contributed by atoms with Crippen LogP contribution in [0.2, 0.25) is 5.02 Å². The first-order valence-corrected chi connectivity index (χ1v) is 12.8. The van der Waals surface area contributed by atoms with Crippen molar-refractivity contribution in [2.24, 2.45) is 0 Å². The molecule has 2 saturated heterocycles. The van der Waals surface area contributed by atoms with Crippen molar-refractivity contribution in [1.29, 1.82) is 0 Å². The predicted molar refractivity (Wildman–Crippen MR) is 142 cm³/mol. The standard InChI is InChI=1S/C29H26ClFN4O2/c30-25-8-7-23(17-26(25)31)35-11-10-21-16-22(6-9-27(21)35)29(37)34-18-24(19-34)32-12-14-33(15-13-32)28(36)20-4-2-1-3-5-20/h1-11,16-17,24H,12-15,18-19H2. The van der Waals surface area contributed by atoms with Gasteiger partial charge in [-0.3, -0.25) is 14.5 Å². The van der Waals surface area contributed by atoms with Gasteiger partial charge in [0.15, 0.2) is 0 Å². The minimum Gasteiger partial charge on any atom is -0.336 e. The highest BCUT2D eigenvalue weighted by Gasteiger charge is 2.37. The zero-order valence-corrected chi connectivity index (χ0v) is 20.9. The van der Waals surface area contributed by atoms with Crippen LogP contribution in [0.25, 0.3) is 16.6 Å². The van der Waals surface area contributed by atoms with E-state index in [2.05, 4.69) is 4.90 Å². The number of hydrogen-bond acceptors (Lipinski definition) is 3. The van der Waals surface area contributed by atoms with Crippen molar-refractivity contribution in [1.82, 2.24) is 19.3 Å². The smallest absolute Gasteiger partial charge is 0.253 e. The Balaban J connectivity index is 1.06. The summed E-state index contributed by atoms with van der Waals surface area (Å²) >= 11 is 5.82. The van der Waals surface area contributed by atoms with Crippen LogP contribution in [-0.4, -0.2) is 76.4 Å². The van der Waals surface area contributed by atoms with Crippen LogP contribution in [0, 0.1) is 5.82 Å². The maximum absolute atomic E-state index is 14.0. The van der Waals surface area contributed by atoms with Crippen LogP contribution in [0.3, 0.4) is 0 Å². The molecule has 0 saturated carbocycles. The van der Waals surface area contributed by atoms with Crippen molar-refractivity contribution in [3.8, 4) is 5.69 Å². The summed E-state index contributed by atoms with van der Waals surface area (Å²) in [5.41, 5.74) is 2.93. The van der Waals surface area contributed by atoms with Crippen LogP contribution < -0.4 is 0 Å². The number of aromatic nitrogens is 1. The molecule has 0 N–H and O–H groups in total. The summed E-state index contributed by atoms with van der Waals surface area (Å²) in [4.78, 5) is 32.0. The molecule has 2 fully saturated rings. The van der Waals surface area contributed by atoms with Gasteiger partial charge < -0.3 is 14.4 Å². The van der Waals surface area contributed by atoms with Gasteiger partial charge in [0.1, 0.15) is 5.82 Å². The average Bonchev–Trinajstić information content (AvgIpc) is 3.33. The molecule has 3 heterocycles. The molecule has 2 aliphatic rings. The van der Waals surface area contributed by atoms with Crippen molar-refractivity contribution in [3.63, 3.8) is 0 Å². The molecule has 0 bridgehead atoms. The third kappa shape index (κ3) is 4.49. The molecule has 2 amide bonds. The van der Waals surface area contributed by atoms with Gasteiger partial charge in [0.05, 0.1) is 10.5 Å². The highest BCUT2D eigenvalue weighted by Crippen LogP contribution is 2.26. The van der Waals surface area contributed by atoms with Gasteiger partial charge >= 0.3 is 0 Å². The lowest BCUT2D eigenvalue weighted by atomic mass is 10.0. The molecule has 2 aliphatic heterocycles. The number of piperazine rings is 1. The Morgan fingerprint density at radius 3 is 2.24 bits per heavy atom. The number of carbonyl (C=O) groups is 2. The predicted octanol–water partition coefficient (Wildman–Crippen LogP) is 4.71. The Morgan fingerprint density at radius 1 is 0.784 bits per heavy atom. The molecule has 0 aliphatic carbocycles. The Kier molecular flexibility index (Phi) is 6.18. The summed E-state index contributed by atoms with van der Waals surface area (Å²) < 4.78 is 15.8. The van der Waals surface area contributed by atoms with Crippen LogP contribution in [0.5, 0.6) is 0 Å². The van der Waals surface area contributed by atoms with E-state index in [0.717, 1.165) is 29.6 Å². The third-order valence-corrected chi connectivity index (χ3v) is 7.71. The molecule has 6 nitrogen and oxygen atoms in total. The zero-order valence-electron chi connectivity index (χ0n) is 20.2. The summed E-state index contributed by atoms with van der Waals surface area (Å²) in [7, 11) is 0. The van der Waals surface area contributed by atoms with E-state index < -0.39 is 5.82 Å². The number of halogens is 2. The molecular formula is C29H26ClFN4O2. The van der Waals surface area contributed by atoms with E-state index in [9.17, 15) is 14.0 Å². The molecule has 3 aromatic carbocycles. The van der Waals surface area contributed by atoms with E-state index in [4.69, 9.17) is 11.6 Å². The first-order chi connectivity index (χ1) is 18.0. The first kappa shape index (κ1) is 23.7. The molecule has 6 rings (SSSR count). The average molecular weight is 517 g/mol. The maximum atomic E-state index is 14.0. The second-order valence-electron chi connectivity index (χ2n) is 9.62. The maximum Gasteiger partial charge on any atom is 0.253 e. The molecule has 1 aromatic heterocycles. The van der Waals surface area contributed by atoms with Gasteiger partial charge in [-0.2, -0.15) is 0 Å². The van der Waals surface area contributed by atoms with Crippen LogP contribution in [-0.2, 0) is 0 Å². The second kappa shape index (κ2) is 9.65. The minimum absolute atomic E-state index is 0.0151. The number of nitrogens with zero attached hydrogens (tertiary/aromatic N) is 4. The minimum atomic E-state index is -0.468. The third-order valence-electron chi connectivity index (χ3n) is 7.41. The fraction of sp³-hybridized carbons (Fsp3) is 0.241. The molecule has 0 atom stereocenters. The van der Waals surface area contributed by atoms with E-state index in [1.807, 2.05) is 75.2 Å². The van der Waals surface area contributed by atoms with Crippen molar-refractivity contribution in [2.45, 2.75) is 6.04 Å². The van der Waals surface area contributed by atoms with E-state index in [1.165, 1.54) is 12.1 Å². The van der Waals surface area contributed by atoms with Crippen molar-refractivity contribution in [3.05, 3.63) is 101 Å². The van der Waals surface area contributed by atoms with Gasteiger partial charge in [-0.25, -0.2) is 4.39 Å². The second-order valence-corrected chi connectivity index (χ2v) is 10.0. The Bertz CT molecular complexity index is 1470. The van der Waals surface area contributed by atoms with E-state index >= 15 is 0 Å². The van der Waals surface area contributed by atoms with Crippen molar-refractivity contribution in [2.75, 3.05) is 39.3 Å². The Labute approximate surface area is 219 Å². The van der Waals surface area contributed by atoms with Crippen LogP contribution in [0.15, 0.2) is 79.0 Å². The first-order valence-electron chi connectivity index (χ1n) is 12.4. The summed E-state index contributed by atoms with van der Waals surface area (Å²) in [6.07, 6.45) is 1.86. The molecule has 188 valence electrons. The summed E-state index contributed by atoms with van der Waals surface area (Å²) in [6, 6.07) is 22.0. The molecule has 0 radical (unpaired) electrons. The summed E-state index contributed by atoms with van der Waals surface area (Å²) in [6.45, 7) is 4.40. The molecule has 0 unspecified atom stereocenters. The van der Waals surface area contributed by atoms with Crippen LogP contribution in [0.4, 0.5) is 4.39 Å². The van der Waals surface area contributed by atoms with E-state index in [0.29, 0.717) is 43.5 Å². The normalized spacial score (nSPS) is 16.7. The van der Waals surface area contributed by atoms with Gasteiger partial charge in [0.25, 0.3) is 11.8 Å². The van der Waals surface area contributed by atoms with Gasteiger partial charge in [0, 0.05) is 73.7 Å². The fourth-order valence-electron chi connectivity index (χ4n) is 5.22. The molecule has 0 spiro atoms. The van der Waals surface area contributed by atoms with E-state index in [-0.39, 0.29) is 16.8 Å². The number of amides is 2. The summed E-state index contributed by atoms with van der Waals surface area (Å²) in [5.74, 6) is -0.373. The fourth-order valence-corrected chi connectivity index (χ4v) is 5.34. The van der Waals surface area contributed by atoms with Gasteiger partial charge in [-0.1, -0.05) is 29.8 Å². The Hall–Kier alpha value is -3.68. The number of fused-ring (bicyclic) bond motifs is 1.